The SMILES string of the molecule is COc1cc(C2SC(C)=Nc3c2c(C)nn3-c2ccccc2)cc(OC)c1OC. The van der Waals surface area contributed by atoms with Crippen LogP contribution in [-0.4, -0.2) is 36.2 Å². The van der Waals surface area contributed by atoms with Crippen molar-refractivity contribution < 1.29 is 14.2 Å². The van der Waals surface area contributed by atoms with Gasteiger partial charge in [-0.15, -0.1) is 0 Å². The largest absolute Gasteiger partial charge is 0.493 e. The molecule has 1 unspecified atom stereocenters. The number of rotatable bonds is 5. The molecule has 0 fully saturated rings. The third-order valence-electron chi connectivity index (χ3n) is 4.89. The van der Waals surface area contributed by atoms with Crippen molar-refractivity contribution in [3.63, 3.8) is 0 Å². The van der Waals surface area contributed by atoms with E-state index in [1.807, 2.05) is 61.0 Å². The van der Waals surface area contributed by atoms with Gasteiger partial charge in [-0.2, -0.15) is 5.10 Å². The lowest BCUT2D eigenvalue weighted by atomic mass is 10.0. The molecule has 7 heteroatoms. The highest BCUT2D eigenvalue weighted by atomic mass is 32.2. The summed E-state index contributed by atoms with van der Waals surface area (Å²) in [6.45, 7) is 4.05. The Hall–Kier alpha value is -2.93. The van der Waals surface area contributed by atoms with Gasteiger partial charge in [0, 0.05) is 5.56 Å². The van der Waals surface area contributed by atoms with E-state index in [1.165, 1.54) is 0 Å². The van der Waals surface area contributed by atoms with Crippen LogP contribution in [0, 0.1) is 6.92 Å². The fraction of sp³-hybridized carbons (Fsp3) is 0.273. The predicted octanol–water partition coefficient (Wildman–Crippen LogP) is 5.09. The van der Waals surface area contributed by atoms with Gasteiger partial charge in [0.25, 0.3) is 0 Å². The molecule has 1 aliphatic rings. The molecule has 2 aromatic carbocycles. The molecule has 0 bridgehead atoms. The number of para-hydroxylation sites is 1. The summed E-state index contributed by atoms with van der Waals surface area (Å²) in [7, 11) is 4.87. The fourth-order valence-electron chi connectivity index (χ4n) is 3.58. The van der Waals surface area contributed by atoms with Gasteiger partial charge < -0.3 is 14.2 Å². The van der Waals surface area contributed by atoms with E-state index in [-0.39, 0.29) is 5.25 Å². The van der Waals surface area contributed by atoms with Gasteiger partial charge >= 0.3 is 0 Å². The lowest BCUT2D eigenvalue weighted by Crippen LogP contribution is -2.07. The summed E-state index contributed by atoms with van der Waals surface area (Å²) in [6.07, 6.45) is 0. The first-order valence-corrected chi connectivity index (χ1v) is 10.1. The Morgan fingerprint density at radius 1 is 0.931 bits per heavy atom. The van der Waals surface area contributed by atoms with Crippen molar-refractivity contribution >= 4 is 22.6 Å². The Kier molecular flexibility index (Phi) is 5.24. The average molecular weight is 410 g/mol. The number of hydrogen-bond acceptors (Lipinski definition) is 6. The van der Waals surface area contributed by atoms with Crippen molar-refractivity contribution in [3.8, 4) is 22.9 Å². The molecule has 6 nitrogen and oxygen atoms in total. The first kappa shape index (κ1) is 19.4. The molecule has 150 valence electrons. The summed E-state index contributed by atoms with van der Waals surface area (Å²) in [4.78, 5) is 4.83. The highest BCUT2D eigenvalue weighted by Gasteiger charge is 2.31. The minimum atomic E-state index is 0.0219. The number of fused-ring (bicyclic) bond motifs is 1. The summed E-state index contributed by atoms with van der Waals surface area (Å²) in [5, 5.41) is 5.80. The topological polar surface area (TPSA) is 57.9 Å². The first-order valence-electron chi connectivity index (χ1n) is 9.24. The Bertz CT molecular complexity index is 1050. The van der Waals surface area contributed by atoms with E-state index in [2.05, 4.69) is 0 Å². The number of benzene rings is 2. The van der Waals surface area contributed by atoms with E-state index in [1.54, 1.807) is 33.1 Å². The maximum Gasteiger partial charge on any atom is 0.203 e. The molecule has 1 aliphatic heterocycles. The van der Waals surface area contributed by atoms with Crippen molar-refractivity contribution in [2.45, 2.75) is 19.1 Å². The Morgan fingerprint density at radius 2 is 1.59 bits per heavy atom. The molecule has 0 radical (unpaired) electrons. The van der Waals surface area contributed by atoms with Gasteiger partial charge in [-0.3, -0.25) is 0 Å². The number of methoxy groups -OCH3 is 3. The zero-order chi connectivity index (χ0) is 20.5. The van der Waals surface area contributed by atoms with Crippen LogP contribution in [0.2, 0.25) is 0 Å². The van der Waals surface area contributed by atoms with Gasteiger partial charge in [-0.05, 0) is 43.7 Å². The maximum atomic E-state index is 5.56. The van der Waals surface area contributed by atoms with Gasteiger partial charge in [0.05, 0.1) is 43.0 Å². The summed E-state index contributed by atoms with van der Waals surface area (Å²) in [6, 6.07) is 14.1. The maximum absolute atomic E-state index is 5.56. The van der Waals surface area contributed by atoms with Crippen LogP contribution < -0.4 is 14.2 Å². The molecular weight excluding hydrogens is 386 g/mol. The molecule has 0 N–H and O–H groups in total. The Morgan fingerprint density at radius 3 is 2.17 bits per heavy atom. The number of hydrogen-bond donors (Lipinski definition) is 0. The molecule has 2 heterocycles. The number of nitrogens with zero attached hydrogens (tertiary/aromatic N) is 3. The molecule has 1 atom stereocenters. The van der Waals surface area contributed by atoms with E-state index in [0.29, 0.717) is 17.2 Å². The number of aryl methyl sites for hydroxylation is 1. The molecule has 0 aliphatic carbocycles. The Labute approximate surface area is 174 Å². The molecule has 0 saturated heterocycles. The van der Waals surface area contributed by atoms with Gasteiger partial charge in [0.15, 0.2) is 17.3 Å². The quantitative estimate of drug-likeness (QED) is 0.587. The van der Waals surface area contributed by atoms with Crippen LogP contribution in [-0.2, 0) is 0 Å². The average Bonchev–Trinajstić information content (AvgIpc) is 3.08. The van der Waals surface area contributed by atoms with E-state index in [4.69, 9.17) is 24.3 Å². The van der Waals surface area contributed by atoms with Crippen LogP contribution in [0.3, 0.4) is 0 Å². The standard InChI is InChI=1S/C22H23N3O3S/c1-13-19-21(15-11-17(26-3)20(28-5)18(12-15)27-4)29-14(2)23-22(19)25(24-13)16-9-7-6-8-10-16/h6-12,21H,1-5H3. The lowest BCUT2D eigenvalue weighted by Gasteiger charge is -2.23. The number of ether oxygens (including phenoxy) is 3. The highest BCUT2D eigenvalue weighted by Crippen LogP contribution is 2.50. The summed E-state index contributed by atoms with van der Waals surface area (Å²) < 4.78 is 18.5. The smallest absolute Gasteiger partial charge is 0.203 e. The molecule has 0 saturated carbocycles. The third-order valence-corrected chi connectivity index (χ3v) is 6.06. The molecule has 0 amide bonds. The minimum Gasteiger partial charge on any atom is -0.493 e. The second-order valence-electron chi connectivity index (χ2n) is 6.66. The molecule has 3 aromatic rings. The molecule has 0 spiro atoms. The first-order chi connectivity index (χ1) is 14.1. The van der Waals surface area contributed by atoms with Crippen LogP contribution in [0.4, 0.5) is 5.82 Å². The van der Waals surface area contributed by atoms with E-state index in [9.17, 15) is 0 Å². The zero-order valence-electron chi connectivity index (χ0n) is 17.1. The van der Waals surface area contributed by atoms with Crippen LogP contribution in [0.15, 0.2) is 47.5 Å². The van der Waals surface area contributed by atoms with Gasteiger partial charge in [0.1, 0.15) is 0 Å². The molecular formula is C22H23N3O3S. The van der Waals surface area contributed by atoms with Crippen molar-refractivity contribution in [1.29, 1.82) is 0 Å². The van der Waals surface area contributed by atoms with Crippen molar-refractivity contribution in [2.75, 3.05) is 21.3 Å². The van der Waals surface area contributed by atoms with Crippen LogP contribution >= 0.6 is 11.8 Å². The van der Waals surface area contributed by atoms with Gasteiger partial charge in [-0.1, -0.05) is 30.0 Å². The second-order valence-corrected chi connectivity index (χ2v) is 7.96. The minimum absolute atomic E-state index is 0.0219. The van der Waals surface area contributed by atoms with Crippen LogP contribution in [0.1, 0.15) is 29.0 Å². The monoisotopic (exact) mass is 409 g/mol. The van der Waals surface area contributed by atoms with E-state index >= 15 is 0 Å². The van der Waals surface area contributed by atoms with Crippen molar-refractivity contribution in [1.82, 2.24) is 9.78 Å². The summed E-state index contributed by atoms with van der Waals surface area (Å²) >= 11 is 1.70. The van der Waals surface area contributed by atoms with Crippen molar-refractivity contribution in [2.24, 2.45) is 4.99 Å². The number of aromatic nitrogens is 2. The van der Waals surface area contributed by atoms with Crippen molar-refractivity contribution in [3.05, 3.63) is 59.3 Å². The summed E-state index contributed by atoms with van der Waals surface area (Å²) in [5.74, 6) is 2.72. The van der Waals surface area contributed by atoms with E-state index in [0.717, 1.165) is 33.4 Å². The third kappa shape index (κ3) is 3.35. The highest BCUT2D eigenvalue weighted by molar-refractivity contribution is 8.14. The van der Waals surface area contributed by atoms with Gasteiger partial charge in [0.2, 0.25) is 5.75 Å². The number of aliphatic imine (C=N–C) groups is 1. The molecule has 1 aromatic heterocycles. The zero-order valence-corrected chi connectivity index (χ0v) is 17.9. The molecule has 4 rings (SSSR count). The van der Waals surface area contributed by atoms with E-state index < -0.39 is 0 Å². The normalized spacial score (nSPS) is 15.5. The number of thioether (sulfide) groups is 1. The molecule has 29 heavy (non-hydrogen) atoms. The second kappa shape index (κ2) is 7.83. The summed E-state index contributed by atoms with van der Waals surface area (Å²) in [5.41, 5.74) is 4.09. The lowest BCUT2D eigenvalue weighted by molar-refractivity contribution is 0.324. The van der Waals surface area contributed by atoms with Crippen LogP contribution in [0.25, 0.3) is 5.69 Å². The van der Waals surface area contributed by atoms with Crippen LogP contribution in [0.5, 0.6) is 17.2 Å². The fourth-order valence-corrected chi connectivity index (χ4v) is 4.73. The predicted molar refractivity (Wildman–Crippen MR) is 117 cm³/mol. The van der Waals surface area contributed by atoms with Gasteiger partial charge in [-0.25, -0.2) is 9.67 Å². The Balaban J connectivity index is 1.89.